The van der Waals surface area contributed by atoms with E-state index in [9.17, 15) is 9.18 Å². The molecule has 0 aliphatic carbocycles. The number of hydrogen-bond donors (Lipinski definition) is 0. The number of halogens is 1. The van der Waals surface area contributed by atoms with Crippen LogP contribution in [-0.2, 0) is 0 Å². The van der Waals surface area contributed by atoms with Crippen LogP contribution in [0.1, 0.15) is 26.3 Å². The molecule has 0 radical (unpaired) electrons. The summed E-state index contributed by atoms with van der Waals surface area (Å²) in [7, 11) is 0. The van der Waals surface area contributed by atoms with Gasteiger partial charge in [-0.3, -0.25) is 9.36 Å². The van der Waals surface area contributed by atoms with Gasteiger partial charge in [-0.2, -0.15) is 0 Å². The van der Waals surface area contributed by atoms with E-state index in [-0.39, 0.29) is 17.4 Å². The van der Waals surface area contributed by atoms with Crippen molar-refractivity contribution in [3.05, 3.63) is 64.7 Å². The van der Waals surface area contributed by atoms with Gasteiger partial charge in [0.05, 0.1) is 17.5 Å². The number of aromatic nitrogens is 2. The third-order valence-electron chi connectivity index (χ3n) is 3.89. The highest BCUT2D eigenvalue weighted by molar-refractivity contribution is 7.99. The maximum Gasteiger partial charge on any atom is 0.262 e. The zero-order valence-electron chi connectivity index (χ0n) is 14.8. The summed E-state index contributed by atoms with van der Waals surface area (Å²) < 4.78 is 20.2. The van der Waals surface area contributed by atoms with Gasteiger partial charge in [-0.05, 0) is 56.7 Å². The Morgan fingerprint density at radius 1 is 1.15 bits per heavy atom. The normalized spacial score (nSPS) is 11.2. The Morgan fingerprint density at radius 3 is 2.62 bits per heavy atom. The van der Waals surface area contributed by atoms with Crippen molar-refractivity contribution >= 4 is 22.7 Å². The van der Waals surface area contributed by atoms with Crippen molar-refractivity contribution in [2.24, 2.45) is 0 Å². The Kier molecular flexibility index (Phi) is 5.93. The highest BCUT2D eigenvalue weighted by atomic mass is 32.2. The van der Waals surface area contributed by atoms with Crippen molar-refractivity contribution in [1.82, 2.24) is 9.55 Å². The molecule has 1 aromatic heterocycles. The fraction of sp³-hybridized carbons (Fsp3) is 0.300. The lowest BCUT2D eigenvalue weighted by atomic mass is 10.2. The molecule has 0 saturated carbocycles. The standard InChI is InChI=1S/C20H21FN2O2S/c1-14(2)23-19(24)17-6-3-4-7-18(17)22-20(23)26-13-5-12-25-16-10-8-15(21)9-11-16/h3-4,6-11,14H,5,12-13H2,1-2H3. The topological polar surface area (TPSA) is 44.1 Å². The van der Waals surface area contributed by atoms with E-state index >= 15 is 0 Å². The van der Waals surface area contributed by atoms with Crippen LogP contribution in [0.2, 0.25) is 0 Å². The maximum atomic E-state index is 12.9. The fourth-order valence-electron chi connectivity index (χ4n) is 2.63. The monoisotopic (exact) mass is 372 g/mol. The average molecular weight is 372 g/mol. The van der Waals surface area contributed by atoms with Gasteiger partial charge in [0.1, 0.15) is 11.6 Å². The van der Waals surface area contributed by atoms with Crippen LogP contribution in [0.15, 0.2) is 58.5 Å². The van der Waals surface area contributed by atoms with Crippen LogP contribution in [0.5, 0.6) is 5.75 Å². The summed E-state index contributed by atoms with van der Waals surface area (Å²) in [6, 6.07) is 13.5. The second-order valence-electron chi connectivity index (χ2n) is 6.18. The van der Waals surface area contributed by atoms with Crippen LogP contribution >= 0.6 is 11.8 Å². The highest BCUT2D eigenvalue weighted by Crippen LogP contribution is 2.21. The third-order valence-corrected chi connectivity index (χ3v) is 4.93. The summed E-state index contributed by atoms with van der Waals surface area (Å²) in [6.07, 6.45) is 0.794. The second-order valence-corrected chi connectivity index (χ2v) is 7.25. The molecule has 0 saturated heterocycles. The molecular formula is C20H21FN2O2S. The van der Waals surface area contributed by atoms with E-state index in [1.165, 1.54) is 12.1 Å². The van der Waals surface area contributed by atoms with Gasteiger partial charge in [-0.15, -0.1) is 0 Å². The Bertz CT molecular complexity index is 939. The molecular weight excluding hydrogens is 351 g/mol. The lowest BCUT2D eigenvalue weighted by Crippen LogP contribution is -2.25. The number of rotatable bonds is 7. The zero-order chi connectivity index (χ0) is 18.5. The Balaban J connectivity index is 1.65. The lowest BCUT2D eigenvalue weighted by Gasteiger charge is -2.16. The molecule has 0 bridgehead atoms. The van der Waals surface area contributed by atoms with Crippen molar-refractivity contribution in [2.75, 3.05) is 12.4 Å². The molecule has 0 unspecified atom stereocenters. The molecule has 0 atom stereocenters. The SMILES string of the molecule is CC(C)n1c(SCCCOc2ccc(F)cc2)nc2ccccc2c1=O. The predicted molar refractivity (Wildman–Crippen MR) is 104 cm³/mol. The van der Waals surface area contributed by atoms with Crippen LogP contribution in [0.25, 0.3) is 10.9 Å². The highest BCUT2D eigenvalue weighted by Gasteiger charge is 2.13. The summed E-state index contributed by atoms with van der Waals surface area (Å²) in [6.45, 7) is 4.50. The first-order valence-corrected chi connectivity index (χ1v) is 9.57. The minimum atomic E-state index is -0.276. The maximum absolute atomic E-state index is 12.9. The number of hydrogen-bond acceptors (Lipinski definition) is 4. The smallest absolute Gasteiger partial charge is 0.262 e. The molecule has 4 nitrogen and oxygen atoms in total. The van der Waals surface area contributed by atoms with Gasteiger partial charge < -0.3 is 4.74 Å². The van der Waals surface area contributed by atoms with Crippen molar-refractivity contribution in [3.63, 3.8) is 0 Å². The van der Waals surface area contributed by atoms with Gasteiger partial charge >= 0.3 is 0 Å². The van der Waals surface area contributed by atoms with Crippen molar-refractivity contribution in [2.45, 2.75) is 31.5 Å². The third kappa shape index (κ3) is 4.25. The number of fused-ring (bicyclic) bond motifs is 1. The van der Waals surface area contributed by atoms with Gasteiger partial charge in [0.25, 0.3) is 5.56 Å². The van der Waals surface area contributed by atoms with Crippen molar-refractivity contribution in [1.29, 1.82) is 0 Å². The van der Waals surface area contributed by atoms with E-state index in [0.717, 1.165) is 22.8 Å². The molecule has 3 rings (SSSR count). The summed E-state index contributed by atoms with van der Waals surface area (Å²) in [5.41, 5.74) is 0.718. The first-order valence-electron chi connectivity index (χ1n) is 8.58. The Hall–Kier alpha value is -2.34. The van der Waals surface area contributed by atoms with E-state index in [0.29, 0.717) is 17.7 Å². The zero-order valence-corrected chi connectivity index (χ0v) is 15.6. The number of nitrogens with zero attached hydrogens (tertiary/aromatic N) is 2. The van der Waals surface area contributed by atoms with Crippen LogP contribution in [0, 0.1) is 5.82 Å². The van der Waals surface area contributed by atoms with E-state index < -0.39 is 0 Å². The molecule has 26 heavy (non-hydrogen) atoms. The number of benzene rings is 2. The molecule has 0 amide bonds. The quantitative estimate of drug-likeness (QED) is 0.343. The van der Waals surface area contributed by atoms with Gasteiger partial charge in [0.2, 0.25) is 0 Å². The molecule has 6 heteroatoms. The summed E-state index contributed by atoms with van der Waals surface area (Å²) in [4.78, 5) is 17.4. The Labute approximate surface area is 156 Å². The van der Waals surface area contributed by atoms with E-state index in [4.69, 9.17) is 4.74 Å². The van der Waals surface area contributed by atoms with Crippen LogP contribution in [0.4, 0.5) is 4.39 Å². The molecule has 1 heterocycles. The molecule has 136 valence electrons. The van der Waals surface area contributed by atoms with Crippen LogP contribution < -0.4 is 10.3 Å². The predicted octanol–water partition coefficient (Wildman–Crippen LogP) is 4.68. The van der Waals surface area contributed by atoms with Gasteiger partial charge in [0.15, 0.2) is 5.16 Å². The number of thioether (sulfide) groups is 1. The number of para-hydroxylation sites is 1. The summed E-state index contributed by atoms with van der Waals surface area (Å²) >= 11 is 1.55. The minimum absolute atomic E-state index is 0.00402. The largest absolute Gasteiger partial charge is 0.494 e. The van der Waals surface area contributed by atoms with E-state index in [1.54, 1.807) is 28.5 Å². The molecule has 0 spiro atoms. The van der Waals surface area contributed by atoms with Crippen molar-refractivity contribution < 1.29 is 9.13 Å². The van der Waals surface area contributed by atoms with E-state index in [2.05, 4.69) is 4.98 Å². The van der Waals surface area contributed by atoms with Gasteiger partial charge in [-0.25, -0.2) is 9.37 Å². The summed E-state index contributed by atoms with van der Waals surface area (Å²) in [5, 5.41) is 1.37. The van der Waals surface area contributed by atoms with Crippen molar-refractivity contribution in [3.8, 4) is 5.75 Å². The molecule has 0 fully saturated rings. The molecule has 0 aliphatic heterocycles. The lowest BCUT2D eigenvalue weighted by molar-refractivity contribution is 0.318. The summed E-state index contributed by atoms with van der Waals surface area (Å²) in [5.74, 6) is 1.15. The van der Waals surface area contributed by atoms with Gasteiger partial charge in [-0.1, -0.05) is 23.9 Å². The fourth-order valence-corrected chi connectivity index (χ4v) is 3.67. The minimum Gasteiger partial charge on any atom is -0.494 e. The molecule has 0 aliphatic rings. The average Bonchev–Trinajstić information content (AvgIpc) is 2.63. The Morgan fingerprint density at radius 2 is 1.88 bits per heavy atom. The van der Waals surface area contributed by atoms with E-state index in [1.807, 2.05) is 38.1 Å². The van der Waals surface area contributed by atoms with Crippen LogP contribution in [-0.4, -0.2) is 21.9 Å². The molecule has 2 aromatic carbocycles. The van der Waals surface area contributed by atoms with Crippen LogP contribution in [0.3, 0.4) is 0 Å². The molecule has 3 aromatic rings. The second kappa shape index (κ2) is 8.36. The molecule has 0 N–H and O–H groups in total. The number of ether oxygens (including phenoxy) is 1. The van der Waals surface area contributed by atoms with Gasteiger partial charge in [0, 0.05) is 11.8 Å². The first kappa shape index (κ1) is 18.5. The first-order chi connectivity index (χ1) is 12.6.